The van der Waals surface area contributed by atoms with Gasteiger partial charge in [0, 0.05) is 12.1 Å². The summed E-state index contributed by atoms with van der Waals surface area (Å²) in [4.78, 5) is 4.44. The predicted octanol–water partition coefficient (Wildman–Crippen LogP) is 4.92. The first kappa shape index (κ1) is 13.2. The Hall–Kier alpha value is -1.75. The topological polar surface area (TPSA) is 51.2 Å². The van der Waals surface area contributed by atoms with Crippen LogP contribution in [0.4, 0.5) is 5.69 Å². The third kappa shape index (κ3) is 2.58. The maximum absolute atomic E-state index is 5.60. The second-order valence-electron chi connectivity index (χ2n) is 4.65. The second-order valence-corrected chi connectivity index (χ2v) is 5.43. The molecule has 0 saturated carbocycles. The smallest absolute Gasteiger partial charge is 0.195 e. The van der Waals surface area contributed by atoms with Crippen LogP contribution < -0.4 is 5.32 Å². The van der Waals surface area contributed by atoms with Crippen LogP contribution in [-0.2, 0) is 6.42 Å². The van der Waals surface area contributed by atoms with Crippen molar-refractivity contribution in [2.24, 2.45) is 0 Å². The highest BCUT2D eigenvalue weighted by Gasteiger charge is 2.11. The van der Waals surface area contributed by atoms with E-state index in [0.717, 1.165) is 39.5 Å². The molecule has 3 aromatic rings. The predicted molar refractivity (Wildman–Crippen MR) is 81.8 cm³/mol. The standard InChI is InChI=1S/C15H15BrN2O2/c1-3-15-18-11-8-10(4-5-13(11)20-15)17-9(2)12-6-7-14(16)19-12/h4-9,17H,3H2,1-2H3. The van der Waals surface area contributed by atoms with E-state index < -0.39 is 0 Å². The van der Waals surface area contributed by atoms with Crippen molar-refractivity contribution >= 4 is 32.7 Å². The molecule has 104 valence electrons. The van der Waals surface area contributed by atoms with Crippen molar-refractivity contribution in [3.05, 3.63) is 46.7 Å². The van der Waals surface area contributed by atoms with Crippen LogP contribution in [0.5, 0.6) is 0 Å². The zero-order valence-corrected chi connectivity index (χ0v) is 12.9. The number of nitrogens with one attached hydrogen (secondary N) is 1. The summed E-state index contributed by atoms with van der Waals surface area (Å²) in [6.45, 7) is 4.08. The third-order valence-electron chi connectivity index (χ3n) is 3.14. The number of furan rings is 1. The lowest BCUT2D eigenvalue weighted by Crippen LogP contribution is -2.05. The summed E-state index contributed by atoms with van der Waals surface area (Å²) in [5.74, 6) is 1.64. The monoisotopic (exact) mass is 334 g/mol. The molecule has 2 heterocycles. The van der Waals surface area contributed by atoms with Gasteiger partial charge in [-0.1, -0.05) is 6.92 Å². The maximum Gasteiger partial charge on any atom is 0.195 e. The van der Waals surface area contributed by atoms with Crippen molar-refractivity contribution in [2.75, 3.05) is 5.32 Å². The van der Waals surface area contributed by atoms with Gasteiger partial charge in [-0.15, -0.1) is 0 Å². The lowest BCUT2D eigenvalue weighted by Gasteiger charge is -2.12. The van der Waals surface area contributed by atoms with Gasteiger partial charge >= 0.3 is 0 Å². The first-order chi connectivity index (χ1) is 9.65. The van der Waals surface area contributed by atoms with E-state index in [1.807, 2.05) is 37.3 Å². The van der Waals surface area contributed by atoms with Gasteiger partial charge in [-0.25, -0.2) is 4.98 Å². The van der Waals surface area contributed by atoms with Gasteiger partial charge in [-0.2, -0.15) is 0 Å². The van der Waals surface area contributed by atoms with Crippen LogP contribution >= 0.6 is 15.9 Å². The average Bonchev–Trinajstić information content (AvgIpc) is 3.03. The van der Waals surface area contributed by atoms with E-state index in [1.54, 1.807) is 0 Å². The molecule has 3 rings (SSSR count). The summed E-state index contributed by atoms with van der Waals surface area (Å²) in [5, 5.41) is 3.39. The van der Waals surface area contributed by atoms with Crippen molar-refractivity contribution in [1.82, 2.24) is 4.98 Å². The summed E-state index contributed by atoms with van der Waals surface area (Å²) in [7, 11) is 0. The quantitative estimate of drug-likeness (QED) is 0.735. The van der Waals surface area contributed by atoms with Gasteiger partial charge in [0.1, 0.15) is 11.3 Å². The first-order valence-electron chi connectivity index (χ1n) is 6.57. The zero-order chi connectivity index (χ0) is 14.1. The molecular formula is C15H15BrN2O2. The Morgan fingerprint density at radius 1 is 1.25 bits per heavy atom. The Labute approximate surface area is 125 Å². The van der Waals surface area contributed by atoms with Crippen LogP contribution in [0.2, 0.25) is 0 Å². The molecule has 0 amide bonds. The molecule has 0 aliphatic rings. The van der Waals surface area contributed by atoms with Crippen LogP contribution in [0.3, 0.4) is 0 Å². The molecule has 1 unspecified atom stereocenters. The van der Waals surface area contributed by atoms with E-state index in [9.17, 15) is 0 Å². The molecule has 4 nitrogen and oxygen atoms in total. The normalized spacial score (nSPS) is 12.8. The Balaban J connectivity index is 1.83. The number of aryl methyl sites for hydroxylation is 1. The Kier molecular flexibility index (Phi) is 3.53. The summed E-state index contributed by atoms with van der Waals surface area (Å²) >= 11 is 3.31. The first-order valence-corrected chi connectivity index (χ1v) is 7.36. The summed E-state index contributed by atoms with van der Waals surface area (Å²) < 4.78 is 11.9. The number of rotatable bonds is 4. The minimum Gasteiger partial charge on any atom is -0.452 e. The Morgan fingerprint density at radius 2 is 2.10 bits per heavy atom. The van der Waals surface area contributed by atoms with Gasteiger partial charge in [0.2, 0.25) is 0 Å². The van der Waals surface area contributed by atoms with Crippen LogP contribution in [0.15, 0.2) is 43.8 Å². The van der Waals surface area contributed by atoms with Crippen molar-refractivity contribution in [3.63, 3.8) is 0 Å². The number of halogens is 1. The van der Waals surface area contributed by atoms with Crippen LogP contribution in [0.25, 0.3) is 11.1 Å². The number of benzene rings is 1. The van der Waals surface area contributed by atoms with Gasteiger partial charge in [0.15, 0.2) is 16.1 Å². The second kappa shape index (κ2) is 5.32. The van der Waals surface area contributed by atoms with E-state index >= 15 is 0 Å². The molecule has 20 heavy (non-hydrogen) atoms. The largest absolute Gasteiger partial charge is 0.452 e. The molecule has 0 fully saturated rings. The van der Waals surface area contributed by atoms with E-state index in [1.165, 1.54) is 0 Å². The van der Waals surface area contributed by atoms with E-state index in [0.29, 0.717) is 0 Å². The van der Waals surface area contributed by atoms with Crippen molar-refractivity contribution in [2.45, 2.75) is 26.3 Å². The fourth-order valence-corrected chi connectivity index (χ4v) is 2.42. The fraction of sp³-hybridized carbons (Fsp3) is 0.267. The van der Waals surface area contributed by atoms with Gasteiger partial charge in [0.25, 0.3) is 0 Å². The molecule has 1 N–H and O–H groups in total. The van der Waals surface area contributed by atoms with Gasteiger partial charge in [-0.05, 0) is 53.2 Å². The molecule has 0 bridgehead atoms. The zero-order valence-electron chi connectivity index (χ0n) is 11.3. The minimum absolute atomic E-state index is 0.0799. The highest BCUT2D eigenvalue weighted by atomic mass is 79.9. The van der Waals surface area contributed by atoms with E-state index in [-0.39, 0.29) is 6.04 Å². The van der Waals surface area contributed by atoms with Crippen LogP contribution in [0.1, 0.15) is 31.5 Å². The number of hydrogen-bond donors (Lipinski definition) is 1. The number of aromatic nitrogens is 1. The lowest BCUT2D eigenvalue weighted by atomic mass is 10.2. The number of anilines is 1. The Morgan fingerprint density at radius 3 is 2.80 bits per heavy atom. The van der Waals surface area contributed by atoms with Crippen LogP contribution in [-0.4, -0.2) is 4.98 Å². The third-order valence-corrected chi connectivity index (χ3v) is 3.56. The van der Waals surface area contributed by atoms with Crippen molar-refractivity contribution < 1.29 is 8.83 Å². The average molecular weight is 335 g/mol. The Bertz CT molecular complexity index is 732. The maximum atomic E-state index is 5.60. The van der Waals surface area contributed by atoms with E-state index in [2.05, 4.69) is 33.2 Å². The van der Waals surface area contributed by atoms with Crippen molar-refractivity contribution in [3.8, 4) is 0 Å². The fourth-order valence-electron chi connectivity index (χ4n) is 2.10. The highest BCUT2D eigenvalue weighted by molar-refractivity contribution is 9.10. The van der Waals surface area contributed by atoms with Gasteiger partial charge in [-0.3, -0.25) is 0 Å². The highest BCUT2D eigenvalue weighted by Crippen LogP contribution is 2.26. The molecule has 0 aliphatic heterocycles. The molecule has 1 aromatic carbocycles. The van der Waals surface area contributed by atoms with Crippen molar-refractivity contribution in [1.29, 1.82) is 0 Å². The molecule has 0 spiro atoms. The molecule has 0 saturated heterocycles. The number of hydrogen-bond acceptors (Lipinski definition) is 4. The summed E-state index contributed by atoms with van der Waals surface area (Å²) in [5.41, 5.74) is 2.69. The van der Waals surface area contributed by atoms with Gasteiger partial charge in [0.05, 0.1) is 6.04 Å². The SMILES string of the molecule is CCc1nc2cc(NC(C)c3ccc(Br)o3)ccc2o1. The summed E-state index contributed by atoms with van der Waals surface area (Å²) in [6.07, 6.45) is 0.800. The molecule has 2 aromatic heterocycles. The van der Waals surface area contributed by atoms with Gasteiger partial charge < -0.3 is 14.2 Å². The summed E-state index contributed by atoms with van der Waals surface area (Å²) in [6, 6.07) is 9.84. The minimum atomic E-state index is 0.0799. The van der Waals surface area contributed by atoms with Crippen LogP contribution in [0, 0.1) is 0 Å². The van der Waals surface area contributed by atoms with E-state index in [4.69, 9.17) is 8.83 Å². The molecular weight excluding hydrogens is 320 g/mol. The lowest BCUT2D eigenvalue weighted by molar-refractivity contribution is 0.471. The number of fused-ring (bicyclic) bond motifs is 1. The number of oxazole rings is 1. The molecule has 0 aliphatic carbocycles. The molecule has 0 radical (unpaired) electrons. The molecule has 1 atom stereocenters. The number of nitrogens with zero attached hydrogens (tertiary/aromatic N) is 1. The molecule has 5 heteroatoms.